The lowest BCUT2D eigenvalue weighted by Gasteiger charge is -2.29. The molecule has 1 heterocycles. The fraction of sp³-hybridized carbons (Fsp3) is 0.571. The zero-order valence-corrected chi connectivity index (χ0v) is 25.7. The summed E-state index contributed by atoms with van der Waals surface area (Å²) in [6, 6.07) is 14.6. The molecule has 0 unspecified atom stereocenters. The van der Waals surface area contributed by atoms with E-state index in [1.54, 1.807) is 12.1 Å². The van der Waals surface area contributed by atoms with Crippen molar-refractivity contribution in [3.63, 3.8) is 0 Å². The highest BCUT2D eigenvalue weighted by Gasteiger charge is 2.34. The van der Waals surface area contributed by atoms with Crippen LogP contribution < -0.4 is 18.9 Å². The van der Waals surface area contributed by atoms with Crippen LogP contribution in [0.3, 0.4) is 0 Å². The fourth-order valence-corrected chi connectivity index (χ4v) is 4.65. The number of benzene rings is 2. The highest BCUT2D eigenvalue weighted by Crippen LogP contribution is 2.30. The van der Waals surface area contributed by atoms with E-state index in [0.29, 0.717) is 55.8 Å². The number of rotatable bonds is 13. The highest BCUT2D eigenvalue weighted by atomic mass is 16.6. The number of hydrogen-bond donors (Lipinski definition) is 1. The number of aliphatic carboxylic acids is 1. The van der Waals surface area contributed by atoms with Crippen LogP contribution in [0.25, 0.3) is 0 Å². The van der Waals surface area contributed by atoms with Gasteiger partial charge in [0.15, 0.2) is 28.6 Å². The summed E-state index contributed by atoms with van der Waals surface area (Å²) in [5.74, 6) is 7.43. The number of carbonyl (C=O) groups is 1. The van der Waals surface area contributed by atoms with E-state index in [0.717, 1.165) is 12.8 Å². The second-order valence-electron chi connectivity index (χ2n) is 10.7. The molecule has 2 aromatic carbocycles. The molecule has 8 nitrogen and oxygen atoms in total. The minimum Gasteiger partial charge on any atom is -0.487 e. The van der Waals surface area contributed by atoms with Crippen molar-refractivity contribution in [2.24, 2.45) is 0 Å². The van der Waals surface area contributed by atoms with E-state index in [9.17, 15) is 9.90 Å². The number of fused-ring (bicyclic) bond motifs is 2. The first-order chi connectivity index (χ1) is 21.1. The first-order valence-electron chi connectivity index (χ1n) is 15.7. The van der Waals surface area contributed by atoms with Crippen LogP contribution in [0.4, 0.5) is 0 Å². The Labute approximate surface area is 257 Å². The molecule has 0 saturated carbocycles. The van der Waals surface area contributed by atoms with Gasteiger partial charge in [0.05, 0.1) is 13.2 Å². The number of hydrogen-bond acceptors (Lipinski definition) is 7. The first-order valence-corrected chi connectivity index (χ1v) is 15.7. The molecule has 0 saturated heterocycles. The maximum absolute atomic E-state index is 11.6. The lowest BCUT2D eigenvalue weighted by molar-refractivity contribution is -0.149. The molecular formula is C35H48O8. The fourth-order valence-electron chi connectivity index (χ4n) is 4.65. The molecule has 43 heavy (non-hydrogen) atoms. The van der Waals surface area contributed by atoms with Crippen molar-refractivity contribution >= 4 is 5.97 Å². The maximum atomic E-state index is 11.6. The quantitative estimate of drug-likeness (QED) is 0.194. The largest absolute Gasteiger partial charge is 0.487 e. The van der Waals surface area contributed by atoms with E-state index < -0.39 is 18.2 Å². The molecule has 0 amide bonds. The van der Waals surface area contributed by atoms with Crippen molar-refractivity contribution in [2.45, 2.75) is 83.2 Å². The molecule has 0 bridgehead atoms. The van der Waals surface area contributed by atoms with Gasteiger partial charge in [0, 0.05) is 6.42 Å². The van der Waals surface area contributed by atoms with Gasteiger partial charge in [-0.3, -0.25) is 0 Å². The van der Waals surface area contributed by atoms with Gasteiger partial charge in [0.2, 0.25) is 0 Å². The first kappa shape index (κ1) is 34.1. The predicted molar refractivity (Wildman–Crippen MR) is 166 cm³/mol. The average Bonchev–Trinajstić information content (AvgIpc) is 3.02. The lowest BCUT2D eigenvalue weighted by atomic mass is 10.0. The van der Waals surface area contributed by atoms with Gasteiger partial charge in [-0.1, -0.05) is 101 Å². The van der Waals surface area contributed by atoms with Crippen LogP contribution >= 0.6 is 0 Å². The molecule has 0 aromatic heterocycles. The summed E-state index contributed by atoms with van der Waals surface area (Å²) in [7, 11) is 0. The number of carboxylic acid groups (broad SMARTS) is 1. The van der Waals surface area contributed by atoms with Crippen LogP contribution in [-0.4, -0.2) is 62.9 Å². The summed E-state index contributed by atoms with van der Waals surface area (Å²) in [6.45, 7) is 2.99. The minimum absolute atomic E-state index is 0.0643. The van der Waals surface area contributed by atoms with Gasteiger partial charge >= 0.3 is 5.97 Å². The Morgan fingerprint density at radius 2 is 1.19 bits per heavy atom. The van der Waals surface area contributed by atoms with Crippen molar-refractivity contribution in [3.05, 3.63) is 48.5 Å². The lowest BCUT2D eigenvalue weighted by Crippen LogP contribution is -2.45. The minimum atomic E-state index is -1.35. The van der Waals surface area contributed by atoms with Gasteiger partial charge in [-0.2, -0.15) is 0 Å². The molecule has 0 atom stereocenters. The summed E-state index contributed by atoms with van der Waals surface area (Å²) < 4.78 is 35.7. The summed E-state index contributed by atoms with van der Waals surface area (Å²) >= 11 is 0. The van der Waals surface area contributed by atoms with Crippen LogP contribution in [0, 0.1) is 11.8 Å². The molecule has 236 valence electrons. The molecule has 0 spiro atoms. The van der Waals surface area contributed by atoms with Crippen LogP contribution in [0.5, 0.6) is 23.0 Å². The monoisotopic (exact) mass is 596 g/mol. The van der Waals surface area contributed by atoms with Gasteiger partial charge < -0.3 is 33.5 Å². The molecule has 0 fully saturated rings. The number of unbranched alkanes of at least 4 members (excludes halogenated alkanes) is 10. The Balaban J connectivity index is 1.72. The number of ether oxygens (including phenoxy) is 6. The molecule has 0 aliphatic carbocycles. The van der Waals surface area contributed by atoms with Gasteiger partial charge in [-0.05, 0) is 30.7 Å². The van der Waals surface area contributed by atoms with Gasteiger partial charge in [0.1, 0.15) is 33.0 Å². The Morgan fingerprint density at radius 1 is 0.721 bits per heavy atom. The summed E-state index contributed by atoms with van der Waals surface area (Å²) in [4.78, 5) is 11.6. The zero-order valence-electron chi connectivity index (χ0n) is 25.7. The summed E-state index contributed by atoms with van der Waals surface area (Å²) in [6.07, 6.45) is 13.1. The second kappa shape index (κ2) is 20.5. The number of carboxylic acids is 1. The molecule has 8 heteroatoms. The van der Waals surface area contributed by atoms with Crippen molar-refractivity contribution in [1.82, 2.24) is 0 Å². The van der Waals surface area contributed by atoms with Crippen molar-refractivity contribution < 1.29 is 38.3 Å². The third-order valence-corrected chi connectivity index (χ3v) is 7.03. The predicted octanol–water partition coefficient (Wildman–Crippen LogP) is 7.09. The van der Waals surface area contributed by atoms with E-state index in [-0.39, 0.29) is 13.2 Å². The van der Waals surface area contributed by atoms with Crippen molar-refractivity contribution in [1.29, 1.82) is 0 Å². The second-order valence-corrected chi connectivity index (χ2v) is 10.7. The molecule has 2 aromatic rings. The maximum Gasteiger partial charge on any atom is 0.329 e. The van der Waals surface area contributed by atoms with E-state index in [1.807, 2.05) is 36.4 Å². The molecule has 1 aliphatic rings. The highest BCUT2D eigenvalue weighted by molar-refractivity contribution is 5.68. The summed E-state index contributed by atoms with van der Waals surface area (Å²) in [5.41, 5.74) is -1.35. The Bertz CT molecular complexity index is 1070. The summed E-state index contributed by atoms with van der Waals surface area (Å²) in [5, 5.41) is 9.48. The van der Waals surface area contributed by atoms with Crippen molar-refractivity contribution in [2.75, 3.05) is 46.2 Å². The molecular weight excluding hydrogens is 548 g/mol. The topological polar surface area (TPSA) is 92.7 Å². The van der Waals surface area contributed by atoms with Gasteiger partial charge in [-0.25, -0.2) is 4.79 Å². The van der Waals surface area contributed by atoms with Crippen LogP contribution in [0.1, 0.15) is 77.6 Å². The number of para-hydroxylation sites is 4. The molecule has 1 aliphatic heterocycles. The molecule has 0 radical (unpaired) electrons. The smallest absolute Gasteiger partial charge is 0.329 e. The molecule has 3 rings (SSSR count). The van der Waals surface area contributed by atoms with E-state index in [2.05, 4.69) is 18.8 Å². The van der Waals surface area contributed by atoms with Crippen LogP contribution in [0.2, 0.25) is 0 Å². The Hall–Kier alpha value is -3.41. The normalized spacial score (nSPS) is 15.2. The van der Waals surface area contributed by atoms with E-state index >= 15 is 0 Å². The van der Waals surface area contributed by atoms with Gasteiger partial charge in [-0.15, -0.1) is 0 Å². The Morgan fingerprint density at radius 3 is 1.67 bits per heavy atom. The van der Waals surface area contributed by atoms with Crippen LogP contribution in [-0.2, 0) is 14.3 Å². The van der Waals surface area contributed by atoms with Crippen molar-refractivity contribution in [3.8, 4) is 34.8 Å². The zero-order chi connectivity index (χ0) is 30.4. The van der Waals surface area contributed by atoms with Crippen LogP contribution in [0.15, 0.2) is 48.5 Å². The molecule has 1 N–H and O–H groups in total. The van der Waals surface area contributed by atoms with Gasteiger partial charge in [0.25, 0.3) is 0 Å². The third kappa shape index (κ3) is 13.6. The van der Waals surface area contributed by atoms with E-state index in [4.69, 9.17) is 28.4 Å². The Kier molecular flexibility index (Phi) is 16.2. The SMILES string of the molecule is CCCCCCCCCCCCC#CC1(OCC(=O)O)COc2ccccc2OCCOCCOc2ccccc2OC1. The average molecular weight is 597 g/mol. The standard InChI is InChI=1S/C35H48O8/c1-2-3-4-5-6-7-8-9-10-11-12-17-22-35(43-27-34(36)37)28-41-32-20-15-13-18-30(32)39-25-23-38-24-26-40-31-19-14-16-21-33(31)42-29-35/h13-16,18-21H,2-12,23-29H2,1H3,(H,36,37). The third-order valence-electron chi connectivity index (χ3n) is 7.03. The van der Waals surface area contributed by atoms with E-state index in [1.165, 1.54) is 51.4 Å².